The molecular formula is C12H14F3N. The van der Waals surface area contributed by atoms with Gasteiger partial charge in [-0.25, -0.2) is 0 Å². The highest BCUT2D eigenvalue weighted by molar-refractivity contribution is 5.25. The number of hydrogen-bond donors (Lipinski definition) is 1. The first-order valence-corrected chi connectivity index (χ1v) is 5.00. The maximum absolute atomic E-state index is 12.2. The molecule has 0 bridgehead atoms. The van der Waals surface area contributed by atoms with Crippen LogP contribution >= 0.6 is 0 Å². The fourth-order valence-corrected chi connectivity index (χ4v) is 1.25. The summed E-state index contributed by atoms with van der Waals surface area (Å²) < 4.78 is 36.7. The summed E-state index contributed by atoms with van der Waals surface area (Å²) in [4.78, 5) is 0. The van der Waals surface area contributed by atoms with Crippen molar-refractivity contribution in [1.29, 1.82) is 0 Å². The highest BCUT2D eigenvalue weighted by atomic mass is 19.4. The van der Waals surface area contributed by atoms with Crippen LogP contribution in [0.4, 0.5) is 13.2 Å². The van der Waals surface area contributed by atoms with Gasteiger partial charge >= 0.3 is 6.18 Å². The van der Waals surface area contributed by atoms with Crippen molar-refractivity contribution in [2.24, 2.45) is 0 Å². The largest absolute Gasteiger partial charge is 0.416 e. The lowest BCUT2D eigenvalue weighted by Crippen LogP contribution is -2.04. The molecule has 1 N–H and O–H groups in total. The molecule has 16 heavy (non-hydrogen) atoms. The quantitative estimate of drug-likeness (QED) is 0.782. The van der Waals surface area contributed by atoms with Gasteiger partial charge < -0.3 is 5.32 Å². The topological polar surface area (TPSA) is 12.0 Å². The summed E-state index contributed by atoms with van der Waals surface area (Å²) in [6.45, 7) is 0.765. The number of benzene rings is 1. The molecule has 88 valence electrons. The predicted octanol–water partition coefficient (Wildman–Crippen LogP) is 3.02. The van der Waals surface area contributed by atoms with Gasteiger partial charge in [0.1, 0.15) is 0 Å². The number of hydrogen-bond acceptors (Lipinski definition) is 1. The molecule has 0 radical (unpaired) electrons. The van der Waals surface area contributed by atoms with E-state index in [-0.39, 0.29) is 0 Å². The summed E-state index contributed by atoms with van der Waals surface area (Å²) in [5, 5.41) is 2.95. The molecule has 0 saturated heterocycles. The van der Waals surface area contributed by atoms with Crippen LogP contribution in [0.25, 0.3) is 0 Å². The van der Waals surface area contributed by atoms with Crippen molar-refractivity contribution >= 4 is 0 Å². The second-order valence-electron chi connectivity index (χ2n) is 3.43. The average molecular weight is 229 g/mol. The molecular weight excluding hydrogens is 215 g/mol. The molecule has 0 atom stereocenters. The fourth-order valence-electron chi connectivity index (χ4n) is 1.25. The smallest absolute Gasteiger partial charge is 0.316 e. The van der Waals surface area contributed by atoms with E-state index in [1.54, 1.807) is 0 Å². The Morgan fingerprint density at radius 3 is 2.25 bits per heavy atom. The molecule has 1 rings (SSSR count). The molecule has 1 nitrogen and oxygen atoms in total. The summed E-state index contributed by atoms with van der Waals surface area (Å²) in [6, 6.07) is 5.24. The molecule has 0 saturated carbocycles. The van der Waals surface area contributed by atoms with E-state index in [9.17, 15) is 13.2 Å². The number of rotatable bonds is 4. The number of halogens is 3. The predicted molar refractivity (Wildman–Crippen MR) is 58.2 cm³/mol. The SMILES string of the molecule is CNC/C=C\Cc1ccc(C(F)(F)F)cc1. The molecule has 1 aromatic rings. The van der Waals surface area contributed by atoms with Crippen LogP contribution < -0.4 is 5.32 Å². The van der Waals surface area contributed by atoms with Crippen LogP contribution in [0.15, 0.2) is 36.4 Å². The maximum atomic E-state index is 12.2. The van der Waals surface area contributed by atoms with Gasteiger partial charge in [-0.05, 0) is 31.2 Å². The highest BCUT2D eigenvalue weighted by Gasteiger charge is 2.29. The standard InChI is InChI=1S/C12H14F3N/c1-16-9-3-2-4-10-5-7-11(8-6-10)12(13,14)15/h2-3,5-8,16H,4,9H2,1H3/b3-2-. The zero-order valence-electron chi connectivity index (χ0n) is 9.01. The summed E-state index contributed by atoms with van der Waals surface area (Å²) in [7, 11) is 1.84. The minimum atomic E-state index is -4.25. The van der Waals surface area contributed by atoms with Crippen LogP contribution in [-0.2, 0) is 12.6 Å². The second-order valence-corrected chi connectivity index (χ2v) is 3.43. The molecule has 0 aliphatic heterocycles. The lowest BCUT2D eigenvalue weighted by molar-refractivity contribution is -0.137. The number of alkyl halides is 3. The summed E-state index contributed by atoms with van der Waals surface area (Å²) >= 11 is 0. The van der Waals surface area contributed by atoms with Gasteiger partial charge in [-0.15, -0.1) is 0 Å². The minimum absolute atomic E-state index is 0.601. The van der Waals surface area contributed by atoms with E-state index in [0.29, 0.717) is 6.42 Å². The van der Waals surface area contributed by atoms with Gasteiger partial charge in [0.25, 0.3) is 0 Å². The van der Waals surface area contributed by atoms with Crippen LogP contribution in [0, 0.1) is 0 Å². The number of nitrogens with one attached hydrogen (secondary N) is 1. The lowest BCUT2D eigenvalue weighted by Gasteiger charge is -2.06. The Balaban J connectivity index is 2.58. The Kier molecular flexibility index (Phi) is 4.55. The zero-order chi connectivity index (χ0) is 12.0. The van der Waals surface area contributed by atoms with E-state index in [2.05, 4.69) is 5.32 Å². The van der Waals surface area contributed by atoms with Crippen molar-refractivity contribution in [3.8, 4) is 0 Å². The third kappa shape index (κ3) is 4.06. The van der Waals surface area contributed by atoms with Crippen molar-refractivity contribution < 1.29 is 13.2 Å². The lowest BCUT2D eigenvalue weighted by atomic mass is 10.1. The van der Waals surface area contributed by atoms with Crippen molar-refractivity contribution in [3.63, 3.8) is 0 Å². The summed E-state index contributed by atoms with van der Waals surface area (Å²) in [5.74, 6) is 0. The molecule has 1 aromatic carbocycles. The van der Waals surface area contributed by atoms with Crippen molar-refractivity contribution in [2.75, 3.05) is 13.6 Å². The van der Waals surface area contributed by atoms with Crippen LogP contribution in [0.5, 0.6) is 0 Å². The Hall–Kier alpha value is -1.29. The molecule has 0 spiro atoms. The van der Waals surface area contributed by atoms with Gasteiger partial charge in [0, 0.05) is 6.54 Å². The zero-order valence-corrected chi connectivity index (χ0v) is 9.01. The molecule has 4 heteroatoms. The normalized spacial score (nSPS) is 12.2. The Morgan fingerprint density at radius 1 is 1.12 bits per heavy atom. The van der Waals surface area contributed by atoms with E-state index in [1.807, 2.05) is 19.2 Å². The molecule has 0 heterocycles. The van der Waals surface area contributed by atoms with Crippen LogP contribution in [-0.4, -0.2) is 13.6 Å². The van der Waals surface area contributed by atoms with Crippen LogP contribution in [0.1, 0.15) is 11.1 Å². The minimum Gasteiger partial charge on any atom is -0.316 e. The average Bonchev–Trinajstić information content (AvgIpc) is 2.24. The molecule has 0 aliphatic rings. The van der Waals surface area contributed by atoms with Gasteiger partial charge in [-0.3, -0.25) is 0 Å². The highest BCUT2D eigenvalue weighted by Crippen LogP contribution is 2.29. The van der Waals surface area contributed by atoms with Gasteiger partial charge in [0.2, 0.25) is 0 Å². The van der Waals surface area contributed by atoms with E-state index in [4.69, 9.17) is 0 Å². The summed E-state index contributed by atoms with van der Waals surface area (Å²) in [6.07, 6.45) is 0.275. The van der Waals surface area contributed by atoms with E-state index >= 15 is 0 Å². The Bertz CT molecular complexity index is 338. The molecule has 0 aromatic heterocycles. The molecule has 0 amide bonds. The van der Waals surface area contributed by atoms with Gasteiger partial charge in [0.05, 0.1) is 5.56 Å². The molecule has 0 fully saturated rings. The van der Waals surface area contributed by atoms with Crippen molar-refractivity contribution in [3.05, 3.63) is 47.5 Å². The van der Waals surface area contributed by atoms with Crippen LogP contribution in [0.3, 0.4) is 0 Å². The van der Waals surface area contributed by atoms with Gasteiger partial charge in [-0.1, -0.05) is 24.3 Å². The van der Waals surface area contributed by atoms with E-state index < -0.39 is 11.7 Å². The molecule has 0 aliphatic carbocycles. The third-order valence-electron chi connectivity index (χ3n) is 2.12. The van der Waals surface area contributed by atoms with Gasteiger partial charge in [0.15, 0.2) is 0 Å². The summed E-state index contributed by atoms with van der Waals surface area (Å²) in [5.41, 5.74) is 0.274. The van der Waals surface area contributed by atoms with Gasteiger partial charge in [-0.2, -0.15) is 13.2 Å². The first-order valence-electron chi connectivity index (χ1n) is 5.00. The first-order chi connectivity index (χ1) is 7.54. The van der Waals surface area contributed by atoms with E-state index in [0.717, 1.165) is 24.2 Å². The van der Waals surface area contributed by atoms with Crippen molar-refractivity contribution in [2.45, 2.75) is 12.6 Å². The van der Waals surface area contributed by atoms with Crippen molar-refractivity contribution in [1.82, 2.24) is 5.32 Å². The number of allylic oxidation sites excluding steroid dienone is 1. The number of likely N-dealkylation sites (N-methyl/N-ethyl adjacent to an activating group) is 1. The second kappa shape index (κ2) is 5.70. The first kappa shape index (κ1) is 12.8. The third-order valence-corrected chi connectivity index (χ3v) is 2.12. The fraction of sp³-hybridized carbons (Fsp3) is 0.333. The monoisotopic (exact) mass is 229 g/mol. The van der Waals surface area contributed by atoms with E-state index in [1.165, 1.54) is 12.1 Å². The maximum Gasteiger partial charge on any atom is 0.416 e. The molecule has 0 unspecified atom stereocenters. The Morgan fingerprint density at radius 2 is 1.75 bits per heavy atom. The Labute approximate surface area is 93.0 Å². The van der Waals surface area contributed by atoms with Crippen LogP contribution in [0.2, 0.25) is 0 Å².